The standard InChI is InChI=1S/C37H54N6O6/c1-33(2,3)27(40-32(49)41-34(4,5)6)31(48)43-21-36(18-25(43)29(46)39-24(26(44)28(38)45)17-22-13-12-14-22)35(7,8)37(36)19-42(20-37)30(47)23-15-10-9-11-16-23/h9-11,15-16,22,24-25,27H,12-14,17-21H2,1-8H3,(H2,38,45)(H,39,46)(H2,40,41,49)/t24?,25-,27+,36?/m0/s1. The molecule has 12 nitrogen and oxygen atoms in total. The van der Waals surface area contributed by atoms with Crippen molar-refractivity contribution in [3.63, 3.8) is 0 Å². The lowest BCUT2D eigenvalue weighted by Gasteiger charge is -2.44. The number of nitrogens with zero attached hydrogens (tertiary/aromatic N) is 2. The number of nitrogens with two attached hydrogens (primary N) is 1. The first-order chi connectivity index (χ1) is 22.6. The number of carbonyl (C=O) groups excluding carboxylic acids is 6. The molecule has 4 atom stereocenters. The minimum atomic E-state index is -1.11. The summed E-state index contributed by atoms with van der Waals surface area (Å²) in [4.78, 5) is 83.7. The quantitative estimate of drug-likeness (QED) is 0.293. The fourth-order valence-corrected chi connectivity index (χ4v) is 8.70. The molecule has 0 radical (unpaired) electrons. The molecular weight excluding hydrogens is 624 g/mol. The SMILES string of the molecule is CC(C)(C)NC(=O)N[C@H](C(=O)N1CC2(C[C@H]1C(=O)NC(CC1CCC1)C(=O)C(N)=O)C(C)(C)C21CN(C(=O)c2ccccc2)C1)C(C)(C)C. The molecule has 6 amide bonds. The highest BCUT2D eigenvalue weighted by molar-refractivity contribution is 6.37. The molecule has 5 N–H and O–H groups in total. The average molecular weight is 679 g/mol. The average Bonchev–Trinajstić information content (AvgIpc) is 3.18. The lowest BCUT2D eigenvalue weighted by molar-refractivity contribution is -0.143. The number of fused-ring (bicyclic) bond motifs is 1. The lowest BCUT2D eigenvalue weighted by atomic mass is 9.80. The topological polar surface area (TPSA) is 171 Å². The number of Topliss-reactive ketones (excluding diaryl/α,β-unsaturated/α-hetero) is 1. The molecule has 2 unspecified atom stereocenters. The molecule has 268 valence electrons. The van der Waals surface area contributed by atoms with Crippen LogP contribution in [0.4, 0.5) is 4.79 Å². The number of ketones is 1. The van der Waals surface area contributed by atoms with E-state index in [1.807, 2.05) is 64.6 Å². The molecule has 2 saturated heterocycles. The zero-order valence-electron chi connectivity index (χ0n) is 30.3. The van der Waals surface area contributed by atoms with Crippen molar-refractivity contribution >= 4 is 35.4 Å². The Bertz CT molecular complexity index is 1520. The molecule has 1 aromatic rings. The highest BCUT2D eigenvalue weighted by atomic mass is 16.2. The summed E-state index contributed by atoms with van der Waals surface area (Å²) in [5, 5.41) is 8.57. The molecule has 4 aliphatic rings. The van der Waals surface area contributed by atoms with Crippen molar-refractivity contribution in [1.29, 1.82) is 0 Å². The summed E-state index contributed by atoms with van der Waals surface area (Å²) in [7, 11) is 0. The van der Waals surface area contributed by atoms with Crippen LogP contribution in [0, 0.1) is 27.6 Å². The van der Waals surface area contributed by atoms with Gasteiger partial charge in [-0.2, -0.15) is 0 Å². The Hall–Kier alpha value is -3.96. The maximum Gasteiger partial charge on any atom is 0.315 e. The Balaban J connectivity index is 1.45. The Morgan fingerprint density at radius 1 is 0.898 bits per heavy atom. The van der Waals surface area contributed by atoms with Crippen molar-refractivity contribution in [2.45, 2.75) is 111 Å². The van der Waals surface area contributed by atoms with Crippen molar-refractivity contribution < 1.29 is 28.8 Å². The second-order valence-electron chi connectivity index (χ2n) is 17.5. The number of hydrogen-bond donors (Lipinski definition) is 4. The number of primary amides is 1. The van der Waals surface area contributed by atoms with Crippen molar-refractivity contribution in [1.82, 2.24) is 25.8 Å². The predicted octanol–water partition coefficient (Wildman–Crippen LogP) is 3.00. The highest BCUT2D eigenvalue weighted by Crippen LogP contribution is 2.84. The van der Waals surface area contributed by atoms with E-state index in [-0.39, 0.29) is 29.2 Å². The van der Waals surface area contributed by atoms with Crippen LogP contribution in [-0.2, 0) is 19.2 Å². The van der Waals surface area contributed by atoms with E-state index in [1.165, 1.54) is 0 Å². The third-order valence-electron chi connectivity index (χ3n) is 12.0. The summed E-state index contributed by atoms with van der Waals surface area (Å²) in [6.45, 7) is 16.6. The first kappa shape index (κ1) is 36.3. The Morgan fingerprint density at radius 3 is 2.02 bits per heavy atom. The lowest BCUT2D eigenvalue weighted by Crippen LogP contribution is -2.61. The van der Waals surface area contributed by atoms with Gasteiger partial charge in [-0.1, -0.05) is 72.1 Å². The van der Waals surface area contributed by atoms with Gasteiger partial charge < -0.3 is 31.5 Å². The number of amides is 6. The summed E-state index contributed by atoms with van der Waals surface area (Å²) < 4.78 is 0. The summed E-state index contributed by atoms with van der Waals surface area (Å²) >= 11 is 0. The Kier molecular flexibility index (Phi) is 9.21. The van der Waals surface area contributed by atoms with E-state index in [2.05, 4.69) is 29.8 Å². The number of rotatable bonds is 9. The number of benzene rings is 1. The van der Waals surface area contributed by atoms with E-state index in [4.69, 9.17) is 5.73 Å². The zero-order chi connectivity index (χ0) is 36.3. The molecule has 0 bridgehead atoms. The third-order valence-corrected chi connectivity index (χ3v) is 12.0. The van der Waals surface area contributed by atoms with Crippen LogP contribution in [0.2, 0.25) is 0 Å². The maximum atomic E-state index is 14.7. The monoisotopic (exact) mass is 678 g/mol. The normalized spacial score (nSPS) is 25.1. The van der Waals surface area contributed by atoms with Crippen LogP contribution in [0.5, 0.6) is 0 Å². The molecule has 49 heavy (non-hydrogen) atoms. The molecule has 12 heteroatoms. The van der Waals surface area contributed by atoms with Gasteiger partial charge in [0.15, 0.2) is 0 Å². The van der Waals surface area contributed by atoms with Crippen LogP contribution in [-0.4, -0.2) is 88.5 Å². The van der Waals surface area contributed by atoms with E-state index in [9.17, 15) is 28.8 Å². The Morgan fingerprint density at radius 2 is 1.51 bits per heavy atom. The molecule has 2 spiro atoms. The van der Waals surface area contributed by atoms with Gasteiger partial charge in [-0.05, 0) is 62.5 Å². The molecule has 2 aliphatic heterocycles. The second-order valence-corrected chi connectivity index (χ2v) is 17.5. The molecule has 2 heterocycles. The smallest absolute Gasteiger partial charge is 0.315 e. The van der Waals surface area contributed by atoms with Crippen LogP contribution < -0.4 is 21.7 Å². The number of hydrogen-bond acceptors (Lipinski definition) is 6. The zero-order valence-corrected chi connectivity index (χ0v) is 30.3. The largest absolute Gasteiger partial charge is 0.363 e. The molecular formula is C37H54N6O6. The van der Waals surface area contributed by atoms with E-state index in [0.717, 1.165) is 19.3 Å². The van der Waals surface area contributed by atoms with Gasteiger partial charge in [0.2, 0.25) is 17.6 Å². The molecule has 5 rings (SSSR count). The third kappa shape index (κ3) is 6.43. The van der Waals surface area contributed by atoms with Gasteiger partial charge >= 0.3 is 6.03 Å². The van der Waals surface area contributed by atoms with Crippen LogP contribution in [0.15, 0.2) is 30.3 Å². The van der Waals surface area contributed by atoms with Gasteiger partial charge in [-0.3, -0.25) is 24.0 Å². The predicted molar refractivity (Wildman–Crippen MR) is 184 cm³/mol. The summed E-state index contributed by atoms with van der Waals surface area (Å²) in [5.74, 6) is -2.75. The van der Waals surface area contributed by atoms with Gasteiger partial charge in [-0.15, -0.1) is 0 Å². The van der Waals surface area contributed by atoms with Crippen molar-refractivity contribution in [3.05, 3.63) is 35.9 Å². The van der Waals surface area contributed by atoms with Crippen molar-refractivity contribution in [2.75, 3.05) is 19.6 Å². The van der Waals surface area contributed by atoms with Gasteiger partial charge in [0.25, 0.3) is 11.8 Å². The number of urea groups is 1. The molecule has 1 aromatic carbocycles. The summed E-state index contributed by atoms with van der Waals surface area (Å²) in [6.07, 6.45) is 3.45. The van der Waals surface area contributed by atoms with Gasteiger partial charge in [0, 0.05) is 41.6 Å². The first-order valence-electron chi connectivity index (χ1n) is 17.5. The van der Waals surface area contributed by atoms with Crippen molar-refractivity contribution in [2.24, 2.45) is 33.3 Å². The molecule has 2 aliphatic carbocycles. The highest BCUT2D eigenvalue weighted by Gasteiger charge is 2.87. The summed E-state index contributed by atoms with van der Waals surface area (Å²) in [5.41, 5.74) is 3.58. The van der Waals surface area contributed by atoms with E-state index in [1.54, 1.807) is 17.0 Å². The number of likely N-dealkylation sites (tertiary alicyclic amines) is 2. The van der Waals surface area contributed by atoms with E-state index in [0.29, 0.717) is 31.5 Å². The van der Waals surface area contributed by atoms with Crippen LogP contribution in [0.3, 0.4) is 0 Å². The first-order valence-corrected chi connectivity index (χ1v) is 17.5. The molecule has 2 saturated carbocycles. The Labute approximate surface area is 289 Å². The minimum absolute atomic E-state index is 0.0602. The van der Waals surface area contributed by atoms with Crippen LogP contribution in [0.25, 0.3) is 0 Å². The maximum absolute atomic E-state index is 14.7. The fraction of sp³-hybridized carbons (Fsp3) is 0.676. The minimum Gasteiger partial charge on any atom is -0.363 e. The van der Waals surface area contributed by atoms with Gasteiger partial charge in [0.1, 0.15) is 12.1 Å². The van der Waals surface area contributed by atoms with E-state index >= 15 is 0 Å². The number of nitrogens with one attached hydrogen (secondary N) is 3. The second kappa shape index (κ2) is 12.4. The van der Waals surface area contributed by atoms with Crippen LogP contribution in [0.1, 0.15) is 97.9 Å². The number of carbonyl (C=O) groups is 6. The van der Waals surface area contributed by atoms with Gasteiger partial charge in [0.05, 0.1) is 6.04 Å². The molecule has 4 fully saturated rings. The fourth-order valence-electron chi connectivity index (χ4n) is 8.70. The summed E-state index contributed by atoms with van der Waals surface area (Å²) in [6, 6.07) is 5.58. The van der Waals surface area contributed by atoms with Crippen LogP contribution >= 0.6 is 0 Å². The molecule has 0 aromatic heterocycles. The van der Waals surface area contributed by atoms with Crippen molar-refractivity contribution in [3.8, 4) is 0 Å². The van der Waals surface area contributed by atoms with Gasteiger partial charge in [-0.25, -0.2) is 4.79 Å². The van der Waals surface area contributed by atoms with E-state index < -0.39 is 64.0 Å².